The Kier molecular flexibility index (Phi) is 22.5. The Morgan fingerprint density at radius 2 is 0.953 bits per heavy atom. The Hall–Kier alpha value is -5.22. The Morgan fingerprint density at radius 3 is 1.39 bits per heavy atom. The summed E-state index contributed by atoms with van der Waals surface area (Å²) >= 11 is 0. The molecule has 17 heteroatoms. The second-order valence-corrected chi connectivity index (χ2v) is 20.4. The molecular weight excluding hydrogens is 825 g/mol. The number of hydrogen-bond acceptors (Lipinski definition) is 12. The lowest BCUT2D eigenvalue weighted by Crippen LogP contribution is -2.53. The van der Waals surface area contributed by atoms with Crippen LogP contribution in [0.5, 0.6) is 5.75 Å². The fourth-order valence-corrected chi connectivity index (χ4v) is 5.44. The molecule has 362 valence electrons. The number of unbranched alkanes of at least 4 members (excludes halogenated alkanes) is 6. The molecule has 0 atom stereocenters. The van der Waals surface area contributed by atoms with E-state index in [-0.39, 0.29) is 37.9 Å². The Bertz CT molecular complexity index is 1760. The topological polar surface area (TPSA) is 208 Å². The van der Waals surface area contributed by atoms with Gasteiger partial charge in [-0.1, -0.05) is 32.1 Å². The van der Waals surface area contributed by atoms with Gasteiger partial charge in [0.2, 0.25) is 5.96 Å². The van der Waals surface area contributed by atoms with Crippen LogP contribution in [0.15, 0.2) is 34.3 Å². The van der Waals surface area contributed by atoms with E-state index in [0.29, 0.717) is 37.1 Å². The molecule has 1 aromatic carbocycles. The van der Waals surface area contributed by atoms with Crippen molar-refractivity contribution >= 4 is 48.0 Å². The number of nitrogens with zero attached hydrogens (tertiary/aromatic N) is 4. The Labute approximate surface area is 381 Å². The monoisotopic (exact) mass is 903 g/mol. The summed E-state index contributed by atoms with van der Waals surface area (Å²) < 4.78 is 33.7. The third-order valence-corrected chi connectivity index (χ3v) is 7.94. The maximum Gasteiger partial charge on any atom is 0.437 e. The second-order valence-electron chi connectivity index (χ2n) is 20.4. The number of hydrogen-bond donors (Lipinski definition) is 2. The first-order valence-corrected chi connectivity index (χ1v) is 22.2. The lowest BCUT2D eigenvalue weighted by molar-refractivity contribution is 0.0268. The number of nitrogens with one attached hydrogen (secondary N) is 2. The van der Waals surface area contributed by atoms with E-state index in [4.69, 9.17) is 33.8 Å². The highest BCUT2D eigenvalue weighted by molar-refractivity contribution is 6.05. The summed E-state index contributed by atoms with van der Waals surface area (Å²) in [4.78, 5) is 76.8. The van der Waals surface area contributed by atoms with Crippen molar-refractivity contribution in [2.24, 2.45) is 9.98 Å². The van der Waals surface area contributed by atoms with Crippen molar-refractivity contribution < 1.29 is 52.4 Å². The van der Waals surface area contributed by atoms with Crippen LogP contribution < -0.4 is 10.1 Å². The summed E-state index contributed by atoms with van der Waals surface area (Å²) in [6.07, 6.45) is 1.44. The van der Waals surface area contributed by atoms with Crippen LogP contribution in [0.1, 0.15) is 174 Å². The lowest BCUT2D eigenvalue weighted by atomic mass is 10.1. The number of carbonyl (C=O) groups excluding carboxylic acids is 5. The Balaban J connectivity index is 3.25. The van der Waals surface area contributed by atoms with Gasteiger partial charge in [0, 0.05) is 25.2 Å². The van der Waals surface area contributed by atoms with E-state index in [1.54, 1.807) is 135 Å². The largest absolute Gasteiger partial charge is 0.494 e. The molecular formula is C47H78N6O11. The van der Waals surface area contributed by atoms with Crippen LogP contribution in [-0.2, 0) is 23.7 Å². The van der Waals surface area contributed by atoms with E-state index in [0.717, 1.165) is 36.1 Å². The molecule has 64 heavy (non-hydrogen) atoms. The van der Waals surface area contributed by atoms with Gasteiger partial charge in [0.25, 0.3) is 0 Å². The van der Waals surface area contributed by atoms with Gasteiger partial charge in [0.05, 0.1) is 6.61 Å². The zero-order valence-corrected chi connectivity index (χ0v) is 41.6. The van der Waals surface area contributed by atoms with Crippen molar-refractivity contribution in [1.82, 2.24) is 15.1 Å². The predicted molar refractivity (Wildman–Crippen MR) is 249 cm³/mol. The van der Waals surface area contributed by atoms with Crippen LogP contribution in [0, 0.1) is 5.41 Å². The molecule has 0 bridgehead atoms. The highest BCUT2D eigenvalue weighted by atomic mass is 16.6. The summed E-state index contributed by atoms with van der Waals surface area (Å²) in [6.45, 7) is 27.6. The van der Waals surface area contributed by atoms with E-state index < -0.39 is 58.5 Å². The standard InChI is InChI=1S/C47H78N6O11/c1-33(48)34-26-28-35(29-27-34)59-32-24-31-53(42(58)64-47(14,15)16)37(51-40(56)62-45(8,9)10)52(41(57)63-46(11,12)13)30-23-21-19-17-18-20-22-25-36(49-38(54)60-43(2,3)4)50-39(55)61-44(5,6)7/h26-29,48H,17-25,30-32H2,1-16H3,(H,49,50,54,55). The van der Waals surface area contributed by atoms with Crippen LogP contribution in [0.2, 0.25) is 0 Å². The fourth-order valence-electron chi connectivity index (χ4n) is 5.44. The van der Waals surface area contributed by atoms with Crippen molar-refractivity contribution in [2.75, 3.05) is 19.7 Å². The van der Waals surface area contributed by atoms with E-state index in [1.807, 2.05) is 0 Å². The zero-order chi connectivity index (χ0) is 49.1. The number of ether oxygens (including phenoxy) is 6. The minimum atomic E-state index is -1.01. The first kappa shape index (κ1) is 56.8. The summed E-state index contributed by atoms with van der Waals surface area (Å²) in [7, 11) is 0. The average Bonchev–Trinajstić information content (AvgIpc) is 3.08. The van der Waals surface area contributed by atoms with Gasteiger partial charge in [-0.2, -0.15) is 4.99 Å². The molecule has 0 aromatic heterocycles. The number of benzene rings is 1. The molecule has 0 saturated carbocycles. The lowest BCUT2D eigenvalue weighted by Gasteiger charge is -2.34. The van der Waals surface area contributed by atoms with Crippen molar-refractivity contribution in [3.63, 3.8) is 0 Å². The maximum atomic E-state index is 14.0. The van der Waals surface area contributed by atoms with Gasteiger partial charge in [-0.25, -0.2) is 33.8 Å². The van der Waals surface area contributed by atoms with Crippen molar-refractivity contribution in [2.45, 2.75) is 197 Å². The Morgan fingerprint density at radius 1 is 0.547 bits per heavy atom. The van der Waals surface area contributed by atoms with Gasteiger partial charge in [-0.05, 0) is 160 Å². The number of rotatable bonds is 16. The quantitative estimate of drug-likeness (QED) is 0.0690. The molecule has 0 spiro atoms. The van der Waals surface area contributed by atoms with E-state index in [1.165, 1.54) is 4.90 Å². The first-order chi connectivity index (χ1) is 29.2. The van der Waals surface area contributed by atoms with E-state index in [2.05, 4.69) is 15.3 Å². The maximum absolute atomic E-state index is 14.0. The highest BCUT2D eigenvalue weighted by Gasteiger charge is 2.35. The fraction of sp³-hybridized carbons (Fsp3) is 0.702. The second kappa shape index (κ2) is 25.3. The van der Waals surface area contributed by atoms with Gasteiger partial charge >= 0.3 is 30.5 Å². The van der Waals surface area contributed by atoms with Crippen molar-refractivity contribution in [3.05, 3.63) is 29.8 Å². The van der Waals surface area contributed by atoms with Crippen molar-refractivity contribution in [3.8, 4) is 5.75 Å². The molecule has 5 amide bonds. The molecule has 0 aliphatic carbocycles. The number of carbonyl (C=O) groups is 5. The van der Waals surface area contributed by atoms with Crippen LogP contribution >= 0.6 is 0 Å². The summed E-state index contributed by atoms with van der Waals surface area (Å²) in [6, 6.07) is 7.07. The van der Waals surface area contributed by atoms with Gasteiger partial charge < -0.3 is 33.8 Å². The number of aliphatic imine (C=N–C) groups is 2. The van der Waals surface area contributed by atoms with Crippen LogP contribution in [-0.4, -0.2) is 105 Å². The number of amides is 5. The zero-order valence-electron chi connectivity index (χ0n) is 41.6. The van der Waals surface area contributed by atoms with Crippen LogP contribution in [0.25, 0.3) is 0 Å². The third-order valence-electron chi connectivity index (χ3n) is 7.94. The third kappa shape index (κ3) is 27.1. The van der Waals surface area contributed by atoms with Crippen LogP contribution in [0.4, 0.5) is 24.0 Å². The minimum Gasteiger partial charge on any atom is -0.494 e. The molecule has 0 saturated heterocycles. The highest BCUT2D eigenvalue weighted by Crippen LogP contribution is 2.20. The first-order valence-electron chi connectivity index (χ1n) is 22.2. The number of alkyl carbamates (subject to hydrolysis) is 1. The normalized spacial score (nSPS) is 12.8. The van der Waals surface area contributed by atoms with E-state index >= 15 is 0 Å². The van der Waals surface area contributed by atoms with Gasteiger partial charge in [-0.15, -0.1) is 4.99 Å². The smallest absolute Gasteiger partial charge is 0.437 e. The molecule has 0 radical (unpaired) electrons. The van der Waals surface area contributed by atoms with Gasteiger partial charge in [0.15, 0.2) is 0 Å². The van der Waals surface area contributed by atoms with Crippen LogP contribution in [0.3, 0.4) is 0 Å². The van der Waals surface area contributed by atoms with Crippen molar-refractivity contribution in [1.29, 1.82) is 5.41 Å². The molecule has 17 nitrogen and oxygen atoms in total. The predicted octanol–water partition coefficient (Wildman–Crippen LogP) is 11.6. The summed E-state index contributed by atoms with van der Waals surface area (Å²) in [5.74, 6) is 0.429. The SMILES string of the molecule is CC(=N)c1ccc(OCCCN(C(=O)OC(C)(C)C)C(=NC(=O)OC(C)(C)C)N(CCCCCCCCCC(=NC(=O)OC(C)(C)C)NC(=O)OC(C)(C)C)C(=O)OC(C)(C)C)cc1. The number of guanidine groups is 1. The minimum absolute atomic E-state index is 0.0476. The van der Waals surface area contributed by atoms with Gasteiger partial charge in [0.1, 0.15) is 39.6 Å². The molecule has 0 heterocycles. The molecule has 0 unspecified atom stereocenters. The van der Waals surface area contributed by atoms with E-state index in [9.17, 15) is 24.0 Å². The number of amidine groups is 1. The van der Waals surface area contributed by atoms with Gasteiger partial charge in [-0.3, -0.25) is 5.32 Å². The molecule has 1 rings (SSSR count). The molecule has 0 aliphatic rings. The average molecular weight is 903 g/mol. The molecule has 1 aromatic rings. The molecule has 0 fully saturated rings. The summed E-state index contributed by atoms with van der Waals surface area (Å²) in [5, 5.41) is 10.4. The summed E-state index contributed by atoms with van der Waals surface area (Å²) in [5.41, 5.74) is -3.10. The molecule has 2 N–H and O–H groups in total. The molecule has 0 aliphatic heterocycles.